The van der Waals surface area contributed by atoms with Gasteiger partial charge in [0.05, 0.1) is 17.4 Å². The van der Waals surface area contributed by atoms with E-state index in [0.717, 1.165) is 35.5 Å². The molecule has 0 radical (unpaired) electrons. The van der Waals surface area contributed by atoms with Crippen LogP contribution >= 0.6 is 0 Å². The van der Waals surface area contributed by atoms with Crippen LogP contribution in [0.15, 0.2) is 36.7 Å². The third-order valence-electron chi connectivity index (χ3n) is 3.35. The summed E-state index contributed by atoms with van der Waals surface area (Å²) in [6, 6.07) is 7.71. The van der Waals surface area contributed by atoms with Gasteiger partial charge < -0.3 is 10.6 Å². The van der Waals surface area contributed by atoms with E-state index in [9.17, 15) is 4.79 Å². The lowest BCUT2D eigenvalue weighted by atomic mass is 10.1. The van der Waals surface area contributed by atoms with Gasteiger partial charge >= 0.3 is 0 Å². The first-order valence-electron chi connectivity index (χ1n) is 7.19. The number of para-hydroxylation sites is 1. The summed E-state index contributed by atoms with van der Waals surface area (Å²) in [5, 5.41) is 6.24. The zero-order chi connectivity index (χ0) is 15.2. The van der Waals surface area contributed by atoms with Crippen molar-refractivity contribution in [1.82, 2.24) is 4.98 Å². The summed E-state index contributed by atoms with van der Waals surface area (Å²) >= 11 is 0. The average Bonchev–Trinajstić information content (AvgIpc) is 2.49. The first-order chi connectivity index (χ1) is 10.1. The number of carbonyl (C=O) groups excluding carboxylic acids is 1. The molecule has 1 aromatic carbocycles. The van der Waals surface area contributed by atoms with Gasteiger partial charge in [-0.3, -0.25) is 9.78 Å². The fourth-order valence-electron chi connectivity index (χ4n) is 2.19. The fourth-order valence-corrected chi connectivity index (χ4v) is 2.19. The highest BCUT2D eigenvalue weighted by Gasteiger charge is 2.13. The van der Waals surface area contributed by atoms with E-state index in [1.54, 1.807) is 18.5 Å². The lowest BCUT2D eigenvalue weighted by Crippen LogP contribution is -2.16. The number of nitrogens with zero attached hydrogens (tertiary/aromatic N) is 1. The molecule has 1 amide bonds. The third-order valence-corrected chi connectivity index (χ3v) is 3.35. The molecule has 0 fully saturated rings. The Morgan fingerprint density at radius 3 is 2.57 bits per heavy atom. The van der Waals surface area contributed by atoms with Crippen molar-refractivity contribution in [2.75, 3.05) is 17.2 Å². The molecule has 2 N–H and O–H groups in total. The van der Waals surface area contributed by atoms with Crippen LogP contribution in [-0.2, 0) is 0 Å². The number of amides is 1. The zero-order valence-corrected chi connectivity index (χ0v) is 12.7. The highest BCUT2D eigenvalue weighted by atomic mass is 16.1. The SMILES string of the molecule is CCCNc1cnccc1C(=O)Nc1c(C)cccc1C. The monoisotopic (exact) mass is 283 g/mol. The van der Waals surface area contributed by atoms with Crippen molar-refractivity contribution in [2.45, 2.75) is 27.2 Å². The number of rotatable bonds is 5. The number of benzene rings is 1. The van der Waals surface area contributed by atoms with Gasteiger partial charge in [0.25, 0.3) is 5.91 Å². The minimum atomic E-state index is -0.117. The van der Waals surface area contributed by atoms with Crippen molar-refractivity contribution in [2.24, 2.45) is 0 Å². The molecule has 0 aliphatic carbocycles. The number of pyridine rings is 1. The quantitative estimate of drug-likeness (QED) is 0.878. The highest BCUT2D eigenvalue weighted by Crippen LogP contribution is 2.22. The van der Waals surface area contributed by atoms with Crippen LogP contribution in [0, 0.1) is 13.8 Å². The van der Waals surface area contributed by atoms with E-state index in [1.165, 1.54) is 0 Å². The lowest BCUT2D eigenvalue weighted by molar-refractivity contribution is 0.102. The van der Waals surface area contributed by atoms with Gasteiger partial charge in [-0.25, -0.2) is 0 Å². The molecule has 0 aliphatic heterocycles. The van der Waals surface area contributed by atoms with Crippen LogP contribution in [0.4, 0.5) is 11.4 Å². The molecule has 0 saturated heterocycles. The van der Waals surface area contributed by atoms with E-state index >= 15 is 0 Å². The van der Waals surface area contributed by atoms with Crippen LogP contribution in [0.25, 0.3) is 0 Å². The van der Waals surface area contributed by atoms with E-state index in [4.69, 9.17) is 0 Å². The first-order valence-corrected chi connectivity index (χ1v) is 7.19. The summed E-state index contributed by atoms with van der Waals surface area (Å²) < 4.78 is 0. The molecular weight excluding hydrogens is 262 g/mol. The summed E-state index contributed by atoms with van der Waals surface area (Å²) in [5.74, 6) is -0.117. The number of hydrogen-bond acceptors (Lipinski definition) is 3. The Kier molecular flexibility index (Phi) is 4.93. The van der Waals surface area contributed by atoms with Crippen molar-refractivity contribution >= 4 is 17.3 Å². The Labute approximate surface area is 125 Å². The second kappa shape index (κ2) is 6.88. The summed E-state index contributed by atoms with van der Waals surface area (Å²) in [5.41, 5.74) is 4.37. The molecule has 4 heteroatoms. The van der Waals surface area contributed by atoms with Gasteiger partial charge in [0.15, 0.2) is 0 Å². The molecule has 2 rings (SSSR count). The van der Waals surface area contributed by atoms with Crippen molar-refractivity contribution < 1.29 is 4.79 Å². The van der Waals surface area contributed by atoms with Crippen molar-refractivity contribution in [3.63, 3.8) is 0 Å². The number of carbonyl (C=O) groups is 1. The van der Waals surface area contributed by atoms with Gasteiger partial charge in [0, 0.05) is 18.4 Å². The molecule has 0 unspecified atom stereocenters. The molecule has 0 bridgehead atoms. The lowest BCUT2D eigenvalue weighted by Gasteiger charge is -2.14. The normalized spacial score (nSPS) is 10.2. The molecular formula is C17H21N3O. The van der Waals surface area contributed by atoms with Gasteiger partial charge in [-0.05, 0) is 37.5 Å². The molecule has 0 spiro atoms. The maximum Gasteiger partial charge on any atom is 0.257 e. The number of aromatic nitrogens is 1. The predicted octanol–water partition coefficient (Wildman–Crippen LogP) is 3.77. The average molecular weight is 283 g/mol. The maximum absolute atomic E-state index is 12.5. The molecule has 0 atom stereocenters. The molecule has 1 heterocycles. The van der Waals surface area contributed by atoms with Crippen LogP contribution in [0.1, 0.15) is 34.8 Å². The number of anilines is 2. The molecule has 110 valence electrons. The smallest absolute Gasteiger partial charge is 0.257 e. The number of aryl methyl sites for hydroxylation is 2. The van der Waals surface area contributed by atoms with E-state index in [1.807, 2.05) is 32.0 Å². The van der Waals surface area contributed by atoms with Gasteiger partial charge in [-0.15, -0.1) is 0 Å². The largest absolute Gasteiger partial charge is 0.383 e. The first kappa shape index (κ1) is 15.0. The van der Waals surface area contributed by atoms with Crippen molar-refractivity contribution in [3.05, 3.63) is 53.3 Å². The molecule has 4 nitrogen and oxygen atoms in total. The van der Waals surface area contributed by atoms with Crippen LogP contribution in [0.5, 0.6) is 0 Å². The molecule has 2 aromatic rings. The third kappa shape index (κ3) is 3.60. The summed E-state index contributed by atoms with van der Waals surface area (Å²) in [4.78, 5) is 16.6. The van der Waals surface area contributed by atoms with Crippen LogP contribution in [-0.4, -0.2) is 17.4 Å². The van der Waals surface area contributed by atoms with Crippen LogP contribution < -0.4 is 10.6 Å². The summed E-state index contributed by atoms with van der Waals surface area (Å²) in [7, 11) is 0. The van der Waals surface area contributed by atoms with E-state index in [2.05, 4.69) is 22.5 Å². The Morgan fingerprint density at radius 1 is 1.19 bits per heavy atom. The second-order valence-electron chi connectivity index (χ2n) is 5.07. The van der Waals surface area contributed by atoms with Gasteiger partial charge in [0.1, 0.15) is 0 Å². The Morgan fingerprint density at radius 2 is 1.90 bits per heavy atom. The summed E-state index contributed by atoms with van der Waals surface area (Å²) in [6.45, 7) is 6.88. The minimum Gasteiger partial charge on any atom is -0.383 e. The van der Waals surface area contributed by atoms with Gasteiger partial charge in [0.2, 0.25) is 0 Å². The van der Waals surface area contributed by atoms with Crippen LogP contribution in [0.3, 0.4) is 0 Å². The maximum atomic E-state index is 12.5. The van der Waals surface area contributed by atoms with E-state index in [-0.39, 0.29) is 5.91 Å². The highest BCUT2D eigenvalue weighted by molar-refractivity contribution is 6.08. The minimum absolute atomic E-state index is 0.117. The standard InChI is InChI=1S/C17H21N3O/c1-4-9-19-15-11-18-10-8-14(15)17(21)20-16-12(2)6-5-7-13(16)3/h5-8,10-11,19H,4,9H2,1-3H3,(H,20,21). The molecule has 1 aromatic heterocycles. The molecule has 0 aliphatic rings. The Hall–Kier alpha value is -2.36. The Bertz CT molecular complexity index is 617. The van der Waals surface area contributed by atoms with Crippen LogP contribution in [0.2, 0.25) is 0 Å². The topological polar surface area (TPSA) is 54.0 Å². The summed E-state index contributed by atoms with van der Waals surface area (Å²) in [6.07, 6.45) is 4.32. The van der Waals surface area contributed by atoms with E-state index < -0.39 is 0 Å². The van der Waals surface area contributed by atoms with Crippen molar-refractivity contribution in [3.8, 4) is 0 Å². The molecule has 0 saturated carbocycles. The second-order valence-corrected chi connectivity index (χ2v) is 5.07. The Balaban J connectivity index is 2.25. The number of nitrogens with one attached hydrogen (secondary N) is 2. The van der Waals surface area contributed by atoms with Gasteiger partial charge in [-0.2, -0.15) is 0 Å². The van der Waals surface area contributed by atoms with E-state index in [0.29, 0.717) is 5.56 Å². The van der Waals surface area contributed by atoms with Crippen molar-refractivity contribution in [1.29, 1.82) is 0 Å². The predicted molar refractivity (Wildman–Crippen MR) is 86.9 cm³/mol. The zero-order valence-electron chi connectivity index (χ0n) is 12.7. The molecule has 21 heavy (non-hydrogen) atoms. The fraction of sp³-hybridized carbons (Fsp3) is 0.294. The van der Waals surface area contributed by atoms with Gasteiger partial charge in [-0.1, -0.05) is 25.1 Å². The number of hydrogen-bond donors (Lipinski definition) is 2.